The molecule has 0 amide bonds. The molecule has 0 aromatic carbocycles. The Hall–Kier alpha value is -0.320. The van der Waals surface area contributed by atoms with Gasteiger partial charge in [-0.2, -0.15) is 0 Å². The highest BCUT2D eigenvalue weighted by molar-refractivity contribution is 5.07. The predicted molar refractivity (Wildman–Crippen MR) is 55.0 cm³/mol. The summed E-state index contributed by atoms with van der Waals surface area (Å²) < 4.78 is 9.87. The van der Waals surface area contributed by atoms with Crippen LogP contribution in [0.4, 0.5) is 0 Å². The second-order valence-electron chi connectivity index (χ2n) is 4.68. The van der Waals surface area contributed by atoms with Gasteiger partial charge in [0.1, 0.15) is 48.8 Å². The number of aliphatic hydroxyl groups is 6. The van der Waals surface area contributed by atoms with Gasteiger partial charge < -0.3 is 40.1 Å². The van der Waals surface area contributed by atoms with E-state index in [9.17, 15) is 30.6 Å². The van der Waals surface area contributed by atoms with E-state index in [-0.39, 0.29) is 6.61 Å². The number of ether oxygens (including phenoxy) is 2. The van der Waals surface area contributed by atoms with Crippen LogP contribution in [0, 0.1) is 6.61 Å². The van der Waals surface area contributed by atoms with Crippen LogP contribution in [0.5, 0.6) is 0 Å². The van der Waals surface area contributed by atoms with Gasteiger partial charge in [-0.25, -0.2) is 0 Å². The topological polar surface area (TPSA) is 140 Å². The first-order valence-corrected chi connectivity index (χ1v) is 5.57. The Morgan fingerprint density at radius 1 is 1.06 bits per heavy atom. The fraction of sp³-hybridized carbons (Fsp3) is 0.900. The molecule has 0 aromatic heterocycles. The summed E-state index contributed by atoms with van der Waals surface area (Å²) in [5.74, 6) is 0. The molecular formula is C10H17O8. The Kier molecular flexibility index (Phi) is 3.90. The number of aliphatic hydroxyl groups excluding tert-OH is 5. The molecule has 8 heteroatoms. The van der Waals surface area contributed by atoms with Crippen LogP contribution in [0.2, 0.25) is 0 Å². The molecule has 2 rings (SSSR count). The lowest BCUT2D eigenvalue weighted by molar-refractivity contribution is -0.286. The van der Waals surface area contributed by atoms with Gasteiger partial charge in [0.15, 0.2) is 0 Å². The van der Waals surface area contributed by atoms with Crippen LogP contribution in [0.3, 0.4) is 0 Å². The van der Waals surface area contributed by atoms with Crippen LogP contribution in [0.15, 0.2) is 0 Å². The van der Waals surface area contributed by atoms with Gasteiger partial charge in [-0.1, -0.05) is 0 Å². The molecule has 2 fully saturated rings. The summed E-state index contributed by atoms with van der Waals surface area (Å²) in [5, 5.41) is 58.1. The van der Waals surface area contributed by atoms with E-state index in [2.05, 4.69) is 0 Å². The van der Waals surface area contributed by atoms with Crippen molar-refractivity contribution in [3.63, 3.8) is 0 Å². The lowest BCUT2D eigenvalue weighted by Crippen LogP contribution is -2.70. The Labute approximate surface area is 103 Å². The fourth-order valence-electron chi connectivity index (χ4n) is 2.23. The van der Waals surface area contributed by atoms with Crippen molar-refractivity contribution in [3.05, 3.63) is 6.61 Å². The zero-order valence-electron chi connectivity index (χ0n) is 9.46. The van der Waals surface area contributed by atoms with Gasteiger partial charge in [0.2, 0.25) is 0 Å². The summed E-state index contributed by atoms with van der Waals surface area (Å²) in [6.45, 7) is 0.243. The van der Waals surface area contributed by atoms with Gasteiger partial charge in [-0.05, 0) is 0 Å². The van der Waals surface area contributed by atoms with Gasteiger partial charge in [0, 0.05) is 0 Å². The molecule has 6 N–H and O–H groups in total. The van der Waals surface area contributed by atoms with Gasteiger partial charge in [0.05, 0.1) is 13.2 Å². The van der Waals surface area contributed by atoms with Crippen molar-refractivity contribution in [1.82, 2.24) is 0 Å². The Morgan fingerprint density at radius 2 is 1.72 bits per heavy atom. The second kappa shape index (κ2) is 4.99. The normalized spacial score (nSPS) is 54.3. The van der Waals surface area contributed by atoms with E-state index in [1.54, 1.807) is 0 Å². The molecule has 2 heterocycles. The van der Waals surface area contributed by atoms with Crippen molar-refractivity contribution in [3.8, 4) is 0 Å². The molecule has 0 saturated carbocycles. The molecule has 0 bridgehead atoms. The summed E-state index contributed by atoms with van der Waals surface area (Å²) in [6, 6.07) is 0. The van der Waals surface area contributed by atoms with E-state index >= 15 is 0 Å². The van der Waals surface area contributed by atoms with Crippen LogP contribution in [-0.2, 0) is 9.47 Å². The van der Waals surface area contributed by atoms with E-state index in [1.807, 2.05) is 0 Å². The molecule has 8 nitrogen and oxygen atoms in total. The maximum atomic E-state index is 10.3. The lowest BCUT2D eigenvalue weighted by Gasteiger charge is -2.48. The Morgan fingerprint density at radius 3 is 2.39 bits per heavy atom. The largest absolute Gasteiger partial charge is 0.388 e. The Balaban J connectivity index is 2.18. The van der Waals surface area contributed by atoms with Gasteiger partial charge in [-0.3, -0.25) is 0 Å². The lowest BCUT2D eigenvalue weighted by atomic mass is 9.80. The second-order valence-corrected chi connectivity index (χ2v) is 4.68. The number of hydrogen-bond donors (Lipinski definition) is 6. The third kappa shape index (κ3) is 2.15. The minimum absolute atomic E-state index is 0.308. The maximum Gasteiger partial charge on any atom is 0.145 e. The summed E-state index contributed by atoms with van der Waals surface area (Å²) in [4.78, 5) is 0. The van der Waals surface area contributed by atoms with E-state index in [4.69, 9.17) is 9.47 Å². The van der Waals surface area contributed by atoms with E-state index < -0.39 is 48.8 Å². The van der Waals surface area contributed by atoms with Crippen LogP contribution in [0.25, 0.3) is 0 Å². The molecule has 2 aliphatic rings. The highest BCUT2D eigenvalue weighted by Gasteiger charge is 2.56. The predicted octanol–water partition coefficient (Wildman–Crippen LogP) is -3.89. The molecule has 0 aliphatic carbocycles. The third-order valence-electron chi connectivity index (χ3n) is 3.38. The van der Waals surface area contributed by atoms with Crippen molar-refractivity contribution >= 4 is 0 Å². The van der Waals surface area contributed by atoms with Crippen molar-refractivity contribution in [1.29, 1.82) is 0 Å². The average molecular weight is 265 g/mol. The minimum Gasteiger partial charge on any atom is -0.388 e. The summed E-state index contributed by atoms with van der Waals surface area (Å²) in [7, 11) is 0. The molecule has 2 aliphatic heterocycles. The monoisotopic (exact) mass is 265 g/mol. The van der Waals surface area contributed by atoms with Crippen LogP contribution in [0.1, 0.15) is 0 Å². The van der Waals surface area contributed by atoms with E-state index in [0.29, 0.717) is 0 Å². The molecule has 18 heavy (non-hydrogen) atoms. The van der Waals surface area contributed by atoms with Crippen LogP contribution >= 0.6 is 0 Å². The summed E-state index contributed by atoms with van der Waals surface area (Å²) >= 11 is 0. The van der Waals surface area contributed by atoms with Gasteiger partial charge >= 0.3 is 0 Å². The molecule has 0 aromatic rings. The van der Waals surface area contributed by atoms with E-state index in [1.165, 1.54) is 0 Å². The molecule has 7 atom stereocenters. The quantitative estimate of drug-likeness (QED) is 0.283. The highest BCUT2D eigenvalue weighted by Crippen LogP contribution is 2.32. The van der Waals surface area contributed by atoms with Gasteiger partial charge in [-0.15, -0.1) is 0 Å². The average Bonchev–Trinajstić information content (AvgIpc) is 2.33. The zero-order chi connectivity index (χ0) is 13.5. The Bertz CT molecular complexity index is 300. The smallest absolute Gasteiger partial charge is 0.145 e. The fourth-order valence-corrected chi connectivity index (χ4v) is 2.23. The SMILES string of the molecule is O[C@@H]1[C@@H](O)[C@H]([C@@]2(O)CO[CH][C@H](O)[C@H]2O)OC[C@H]1O. The molecule has 0 spiro atoms. The molecule has 2 saturated heterocycles. The van der Waals surface area contributed by atoms with Crippen LogP contribution < -0.4 is 0 Å². The standard InChI is InChI=1S/C10H17O8/c11-4-2-18-9(7(14)6(4)13)10(16)3-17-1-5(12)8(10)15/h1,4-9,11-16H,2-3H2/t4-,5+,6+,7-,8-,9-,10-/m1/s1. The van der Waals surface area contributed by atoms with Crippen molar-refractivity contribution in [2.24, 2.45) is 0 Å². The van der Waals surface area contributed by atoms with E-state index in [0.717, 1.165) is 6.61 Å². The van der Waals surface area contributed by atoms with Crippen molar-refractivity contribution in [2.45, 2.75) is 42.2 Å². The highest BCUT2D eigenvalue weighted by atomic mass is 16.6. The molecule has 0 unspecified atom stereocenters. The third-order valence-corrected chi connectivity index (χ3v) is 3.38. The summed E-state index contributed by atoms with van der Waals surface area (Å²) in [5.41, 5.74) is -2.07. The van der Waals surface area contributed by atoms with Gasteiger partial charge in [0.25, 0.3) is 0 Å². The minimum atomic E-state index is -2.07. The number of hydrogen-bond acceptors (Lipinski definition) is 8. The first kappa shape index (κ1) is 14.1. The maximum absolute atomic E-state index is 10.3. The van der Waals surface area contributed by atoms with Crippen molar-refractivity contribution < 1.29 is 40.1 Å². The first-order valence-electron chi connectivity index (χ1n) is 5.57. The molecule has 1 radical (unpaired) electrons. The number of rotatable bonds is 1. The molecular weight excluding hydrogens is 248 g/mol. The molecule has 105 valence electrons. The first-order chi connectivity index (χ1) is 8.38. The van der Waals surface area contributed by atoms with Crippen molar-refractivity contribution in [2.75, 3.05) is 13.2 Å². The zero-order valence-corrected chi connectivity index (χ0v) is 9.46. The summed E-state index contributed by atoms with van der Waals surface area (Å²) in [6.07, 6.45) is -8.85. The van der Waals surface area contributed by atoms with Crippen LogP contribution in [-0.4, -0.2) is 86.1 Å².